The fraction of sp³-hybridized carbons (Fsp3) is 0.417. The lowest BCUT2D eigenvalue weighted by atomic mass is 10.2. The first kappa shape index (κ1) is 13.2. The molecule has 2 N–H and O–H groups in total. The van der Waals surface area contributed by atoms with Gasteiger partial charge in [-0.25, -0.2) is 4.79 Å². The molecule has 2 unspecified atom stereocenters. The molecule has 0 aromatic heterocycles. The number of carbonyl (C=O) groups excluding carboxylic acids is 1. The van der Waals surface area contributed by atoms with E-state index >= 15 is 0 Å². The Labute approximate surface area is 110 Å². The molecule has 1 fully saturated rings. The minimum Gasteiger partial charge on any atom is -0.444 e. The minimum absolute atomic E-state index is 0.340. The van der Waals surface area contributed by atoms with E-state index in [9.17, 15) is 4.79 Å². The van der Waals surface area contributed by atoms with Crippen LogP contribution in [-0.2, 0) is 11.3 Å². The molecule has 1 saturated heterocycles. The van der Waals surface area contributed by atoms with E-state index in [1.54, 1.807) is 0 Å². The number of ether oxygens (including phenoxy) is 1. The van der Waals surface area contributed by atoms with Crippen molar-refractivity contribution in [3.8, 4) is 0 Å². The molecule has 0 saturated carbocycles. The van der Waals surface area contributed by atoms with Crippen LogP contribution in [0.1, 0.15) is 5.56 Å². The maximum Gasteiger partial charge on any atom is 0.407 e. The number of amides is 1. The molecule has 100 valence electrons. The van der Waals surface area contributed by atoms with Crippen molar-refractivity contribution in [2.45, 2.75) is 18.7 Å². The Morgan fingerprint density at radius 3 is 3.00 bits per heavy atom. The van der Waals surface area contributed by atoms with Gasteiger partial charge in [-0.3, -0.25) is 0 Å². The maximum atomic E-state index is 11.6. The lowest BCUT2D eigenvalue weighted by Gasteiger charge is -2.15. The number of hydrogen-bond acceptors (Lipinski definition) is 4. The zero-order chi connectivity index (χ0) is 13.5. The number of alkyl carbamates (subject to hydrolysis) is 1. The Bertz CT molecular complexity index is 472. The molecule has 0 bridgehead atoms. The summed E-state index contributed by atoms with van der Waals surface area (Å²) in [7, 11) is 0. The summed E-state index contributed by atoms with van der Waals surface area (Å²) in [6, 6.07) is 9.21. The van der Waals surface area contributed by atoms with E-state index in [0.717, 1.165) is 5.56 Å². The van der Waals surface area contributed by atoms with Crippen LogP contribution in [0.25, 0.3) is 10.4 Å². The Kier molecular flexibility index (Phi) is 4.60. The summed E-state index contributed by atoms with van der Waals surface area (Å²) in [6.07, 6.45) is -0.914. The van der Waals surface area contributed by atoms with Crippen molar-refractivity contribution >= 4 is 6.09 Å². The molecule has 0 aliphatic carbocycles. The van der Waals surface area contributed by atoms with Crippen LogP contribution < -0.4 is 10.6 Å². The Morgan fingerprint density at radius 1 is 1.47 bits per heavy atom. The molecule has 7 heteroatoms. The van der Waals surface area contributed by atoms with E-state index in [1.807, 2.05) is 30.3 Å². The fourth-order valence-electron chi connectivity index (χ4n) is 1.89. The average molecular weight is 261 g/mol. The van der Waals surface area contributed by atoms with E-state index in [0.29, 0.717) is 19.6 Å². The Morgan fingerprint density at radius 2 is 2.26 bits per heavy atom. The minimum atomic E-state index is -0.504. The third-order valence-corrected chi connectivity index (χ3v) is 2.87. The molecule has 1 aromatic carbocycles. The van der Waals surface area contributed by atoms with Gasteiger partial charge in [0.2, 0.25) is 0 Å². The highest BCUT2D eigenvalue weighted by molar-refractivity contribution is 5.67. The van der Waals surface area contributed by atoms with Crippen molar-refractivity contribution < 1.29 is 9.53 Å². The summed E-state index contributed by atoms with van der Waals surface area (Å²) in [6.45, 7) is 1.44. The van der Waals surface area contributed by atoms with Gasteiger partial charge in [-0.2, -0.15) is 0 Å². The maximum absolute atomic E-state index is 11.6. The van der Waals surface area contributed by atoms with Crippen LogP contribution in [0.3, 0.4) is 0 Å². The molecule has 2 atom stereocenters. The highest BCUT2D eigenvalue weighted by Crippen LogP contribution is 2.09. The number of nitrogens with one attached hydrogen (secondary N) is 2. The van der Waals surface area contributed by atoms with Crippen molar-refractivity contribution in [1.29, 1.82) is 0 Å². The van der Waals surface area contributed by atoms with Gasteiger partial charge >= 0.3 is 6.09 Å². The first-order valence-electron chi connectivity index (χ1n) is 6.03. The molecule has 1 amide bonds. The number of azide groups is 1. The highest BCUT2D eigenvalue weighted by Gasteiger charge is 2.29. The predicted octanol–water partition coefficient (Wildman–Crippen LogP) is 1.56. The molecular weight excluding hydrogens is 246 g/mol. The molecule has 1 aliphatic rings. The standard InChI is InChI=1S/C12H15N5O2/c13-17-16-10-7-14-8-11(10)19-12(18)15-6-9-4-2-1-3-5-9/h1-5,10-11,14H,6-8H2,(H,15,18). The number of carbonyl (C=O) groups is 1. The highest BCUT2D eigenvalue weighted by atomic mass is 16.6. The van der Waals surface area contributed by atoms with Crippen molar-refractivity contribution in [1.82, 2.24) is 10.6 Å². The molecule has 1 aliphatic heterocycles. The van der Waals surface area contributed by atoms with Crippen LogP contribution in [0.2, 0.25) is 0 Å². The molecule has 7 nitrogen and oxygen atoms in total. The third kappa shape index (κ3) is 3.87. The van der Waals surface area contributed by atoms with E-state index < -0.39 is 12.2 Å². The monoisotopic (exact) mass is 261 g/mol. The van der Waals surface area contributed by atoms with Crippen LogP contribution in [0, 0.1) is 0 Å². The average Bonchev–Trinajstić information content (AvgIpc) is 2.85. The van der Waals surface area contributed by atoms with Gasteiger partial charge in [0, 0.05) is 24.5 Å². The smallest absolute Gasteiger partial charge is 0.407 e. The van der Waals surface area contributed by atoms with Crippen LogP contribution >= 0.6 is 0 Å². The van der Waals surface area contributed by atoms with Crippen molar-refractivity contribution in [2.75, 3.05) is 13.1 Å². The lowest BCUT2D eigenvalue weighted by molar-refractivity contribution is 0.0992. The zero-order valence-electron chi connectivity index (χ0n) is 10.3. The van der Waals surface area contributed by atoms with E-state index in [4.69, 9.17) is 10.3 Å². The van der Waals surface area contributed by atoms with E-state index in [-0.39, 0.29) is 6.04 Å². The van der Waals surface area contributed by atoms with E-state index in [2.05, 4.69) is 20.7 Å². The van der Waals surface area contributed by atoms with Crippen molar-refractivity contribution in [3.05, 3.63) is 46.3 Å². The second-order valence-corrected chi connectivity index (χ2v) is 4.21. The molecule has 1 heterocycles. The lowest BCUT2D eigenvalue weighted by Crippen LogP contribution is -2.34. The topological polar surface area (TPSA) is 99.1 Å². The fourth-order valence-corrected chi connectivity index (χ4v) is 1.89. The zero-order valence-corrected chi connectivity index (χ0v) is 10.3. The predicted molar refractivity (Wildman–Crippen MR) is 69.4 cm³/mol. The summed E-state index contributed by atoms with van der Waals surface area (Å²) in [5, 5.41) is 9.27. The van der Waals surface area contributed by atoms with Gasteiger partial charge in [-0.1, -0.05) is 35.4 Å². The number of rotatable bonds is 4. The first-order valence-corrected chi connectivity index (χ1v) is 6.03. The van der Waals surface area contributed by atoms with Gasteiger partial charge < -0.3 is 15.4 Å². The van der Waals surface area contributed by atoms with Gasteiger partial charge in [0.15, 0.2) is 0 Å². The largest absolute Gasteiger partial charge is 0.444 e. The summed E-state index contributed by atoms with van der Waals surface area (Å²) < 4.78 is 5.22. The van der Waals surface area contributed by atoms with Crippen LogP contribution in [0.15, 0.2) is 35.4 Å². The summed E-state index contributed by atoms with van der Waals surface area (Å²) in [5.74, 6) is 0. The summed E-state index contributed by atoms with van der Waals surface area (Å²) in [5.41, 5.74) is 9.40. The molecule has 0 spiro atoms. The Balaban J connectivity index is 1.79. The quantitative estimate of drug-likeness (QED) is 0.488. The first-order chi connectivity index (χ1) is 9.29. The Hall–Kier alpha value is -2.24. The van der Waals surface area contributed by atoms with Crippen LogP contribution in [-0.4, -0.2) is 31.3 Å². The molecule has 2 rings (SSSR count). The van der Waals surface area contributed by atoms with Gasteiger partial charge in [-0.05, 0) is 11.1 Å². The molecule has 19 heavy (non-hydrogen) atoms. The molecular formula is C12H15N5O2. The second kappa shape index (κ2) is 6.63. The van der Waals surface area contributed by atoms with E-state index in [1.165, 1.54) is 0 Å². The number of hydrogen-bond donors (Lipinski definition) is 2. The summed E-state index contributed by atoms with van der Waals surface area (Å²) >= 11 is 0. The third-order valence-electron chi connectivity index (χ3n) is 2.87. The summed E-state index contributed by atoms with van der Waals surface area (Å²) in [4.78, 5) is 14.4. The van der Waals surface area contributed by atoms with Gasteiger partial charge in [0.05, 0.1) is 6.04 Å². The second-order valence-electron chi connectivity index (χ2n) is 4.21. The number of benzene rings is 1. The van der Waals surface area contributed by atoms with Gasteiger partial charge in [0.1, 0.15) is 6.10 Å². The number of nitrogens with zero attached hydrogens (tertiary/aromatic N) is 3. The van der Waals surface area contributed by atoms with Gasteiger partial charge in [-0.15, -0.1) is 0 Å². The molecule has 0 radical (unpaired) electrons. The van der Waals surface area contributed by atoms with Crippen molar-refractivity contribution in [3.63, 3.8) is 0 Å². The SMILES string of the molecule is [N-]=[N+]=NC1CNCC1OC(=O)NCc1ccccc1. The van der Waals surface area contributed by atoms with Gasteiger partial charge in [0.25, 0.3) is 0 Å². The van der Waals surface area contributed by atoms with Crippen LogP contribution in [0.5, 0.6) is 0 Å². The van der Waals surface area contributed by atoms with Crippen molar-refractivity contribution in [2.24, 2.45) is 5.11 Å². The normalized spacial score (nSPS) is 21.5. The van der Waals surface area contributed by atoms with Crippen LogP contribution in [0.4, 0.5) is 4.79 Å². The molecule has 1 aromatic rings.